The van der Waals surface area contributed by atoms with Crippen LogP contribution in [-0.4, -0.2) is 38.9 Å². The van der Waals surface area contributed by atoms with Gasteiger partial charge in [0.15, 0.2) is 0 Å². The molecule has 2 heterocycles. The lowest BCUT2D eigenvalue weighted by atomic mass is 9.86. The number of hydrogen-bond donors (Lipinski definition) is 1. The topological polar surface area (TPSA) is 95.9 Å². The molecule has 166 valence electrons. The summed E-state index contributed by atoms with van der Waals surface area (Å²) in [5, 5.41) is 4.66. The number of piperidine rings is 2. The van der Waals surface area contributed by atoms with Crippen LogP contribution in [0, 0.1) is 6.92 Å². The fourth-order valence-corrected chi connectivity index (χ4v) is 7.10. The van der Waals surface area contributed by atoms with Crippen LogP contribution in [0.5, 0.6) is 0 Å². The van der Waals surface area contributed by atoms with Crippen LogP contribution in [0.1, 0.15) is 37.7 Å². The smallest absolute Gasteiger partial charge is 0.207 e. The molecule has 10 heteroatoms. The predicted octanol–water partition coefficient (Wildman–Crippen LogP) is 3.69. The second kappa shape index (κ2) is 8.54. The lowest BCUT2D eigenvalue weighted by Crippen LogP contribution is -2.55. The van der Waals surface area contributed by atoms with Gasteiger partial charge in [-0.3, -0.25) is 0 Å². The minimum atomic E-state index is -3.77. The molecule has 4 rings (SSSR count). The molecular weight excluding hydrogens is 458 g/mol. The number of benzene rings is 2. The van der Waals surface area contributed by atoms with Crippen LogP contribution in [0.4, 0.5) is 0 Å². The molecule has 1 N–H and O–H groups in total. The number of hydrazone groups is 1. The van der Waals surface area contributed by atoms with E-state index in [4.69, 9.17) is 11.6 Å². The van der Waals surface area contributed by atoms with E-state index >= 15 is 0 Å². The number of nitrogens with zero attached hydrogens (tertiary/aromatic N) is 2. The van der Waals surface area contributed by atoms with Gasteiger partial charge in [-0.2, -0.15) is 17.8 Å². The molecule has 31 heavy (non-hydrogen) atoms. The maximum absolute atomic E-state index is 13.3. The number of nitrogens with one attached hydrogen (secondary N) is 1. The highest BCUT2D eigenvalue weighted by Crippen LogP contribution is 2.37. The first-order valence-corrected chi connectivity index (χ1v) is 13.4. The standard InChI is InChI=1S/C21H24ClN3O4S2/c1-15-5-9-20(10-6-15)30(26,27)24-23-17-13-18-3-2-4-19(14-17)25(18)31(28,29)21-11-7-16(22)8-12-21/h5-12,18-19,24H,2-4,13-14H2,1H3. The Morgan fingerprint density at radius 2 is 1.45 bits per heavy atom. The Morgan fingerprint density at radius 3 is 2.03 bits per heavy atom. The van der Waals surface area contributed by atoms with Gasteiger partial charge in [-0.05, 0) is 56.2 Å². The molecule has 2 aliphatic rings. The average molecular weight is 482 g/mol. The van der Waals surface area contributed by atoms with Crippen LogP contribution in [0.15, 0.2) is 63.4 Å². The minimum Gasteiger partial charge on any atom is -0.207 e. The third-order valence-electron chi connectivity index (χ3n) is 5.78. The molecule has 2 fully saturated rings. The molecule has 0 aromatic heterocycles. The zero-order valence-corrected chi connectivity index (χ0v) is 19.4. The second-order valence-electron chi connectivity index (χ2n) is 8.02. The summed E-state index contributed by atoms with van der Waals surface area (Å²) in [7, 11) is -7.44. The van der Waals surface area contributed by atoms with Crippen molar-refractivity contribution in [3.8, 4) is 0 Å². The molecule has 0 saturated carbocycles. The van der Waals surface area contributed by atoms with Gasteiger partial charge < -0.3 is 0 Å². The molecule has 0 spiro atoms. The van der Waals surface area contributed by atoms with E-state index in [0.29, 0.717) is 36.4 Å². The number of sulfonamides is 2. The van der Waals surface area contributed by atoms with Gasteiger partial charge in [0.25, 0.3) is 10.0 Å². The van der Waals surface area contributed by atoms with E-state index in [1.807, 2.05) is 6.92 Å². The Balaban J connectivity index is 1.54. The molecule has 2 aromatic carbocycles. The van der Waals surface area contributed by atoms with Crippen LogP contribution < -0.4 is 4.83 Å². The summed E-state index contributed by atoms with van der Waals surface area (Å²) >= 11 is 5.91. The van der Waals surface area contributed by atoms with Gasteiger partial charge in [-0.15, -0.1) is 0 Å². The highest BCUT2D eigenvalue weighted by atomic mass is 35.5. The number of halogens is 1. The first-order chi connectivity index (χ1) is 14.7. The lowest BCUT2D eigenvalue weighted by molar-refractivity contribution is 0.170. The molecule has 2 aromatic rings. The van der Waals surface area contributed by atoms with Crippen molar-refractivity contribution in [2.75, 3.05) is 0 Å². The van der Waals surface area contributed by atoms with Crippen molar-refractivity contribution in [2.24, 2.45) is 5.10 Å². The van der Waals surface area contributed by atoms with Crippen LogP contribution in [0.25, 0.3) is 0 Å². The third kappa shape index (κ3) is 4.64. The van der Waals surface area contributed by atoms with Crippen molar-refractivity contribution in [3.63, 3.8) is 0 Å². The van der Waals surface area contributed by atoms with Crippen molar-refractivity contribution in [2.45, 2.75) is 60.9 Å². The third-order valence-corrected chi connectivity index (χ3v) is 9.28. The fourth-order valence-electron chi connectivity index (χ4n) is 4.26. The Labute approximate surface area is 188 Å². The molecule has 2 bridgehead atoms. The van der Waals surface area contributed by atoms with Crippen LogP contribution in [0.3, 0.4) is 0 Å². The number of fused-ring (bicyclic) bond motifs is 2. The van der Waals surface area contributed by atoms with E-state index in [0.717, 1.165) is 12.0 Å². The fraction of sp³-hybridized carbons (Fsp3) is 0.381. The zero-order chi connectivity index (χ0) is 22.2. The summed E-state index contributed by atoms with van der Waals surface area (Å²) in [6.45, 7) is 1.88. The van der Waals surface area contributed by atoms with Gasteiger partial charge in [0.05, 0.1) is 9.79 Å². The van der Waals surface area contributed by atoms with E-state index in [1.165, 1.54) is 24.3 Å². The molecule has 0 radical (unpaired) electrons. The van der Waals surface area contributed by atoms with E-state index in [-0.39, 0.29) is 21.9 Å². The van der Waals surface area contributed by atoms with Crippen molar-refractivity contribution >= 4 is 37.4 Å². The summed E-state index contributed by atoms with van der Waals surface area (Å²) in [4.78, 5) is 2.68. The summed E-state index contributed by atoms with van der Waals surface area (Å²) in [5.41, 5.74) is 1.64. The number of hydrogen-bond acceptors (Lipinski definition) is 5. The van der Waals surface area contributed by atoms with Gasteiger partial charge in [0.2, 0.25) is 10.0 Å². The Bertz CT molecular complexity index is 1180. The van der Waals surface area contributed by atoms with Crippen molar-refractivity contribution in [1.29, 1.82) is 0 Å². The second-order valence-corrected chi connectivity index (χ2v) is 12.0. The summed E-state index contributed by atoms with van der Waals surface area (Å²) in [5.74, 6) is 0. The normalized spacial score (nSPS) is 22.2. The lowest BCUT2D eigenvalue weighted by Gasteiger charge is -2.45. The Hall–Kier alpha value is -1.94. The summed E-state index contributed by atoms with van der Waals surface area (Å²) in [6.07, 6.45) is 3.17. The van der Waals surface area contributed by atoms with Gasteiger partial charge in [0.1, 0.15) is 0 Å². The average Bonchev–Trinajstić information content (AvgIpc) is 2.72. The van der Waals surface area contributed by atoms with Crippen LogP contribution in [0.2, 0.25) is 5.02 Å². The van der Waals surface area contributed by atoms with Crippen molar-refractivity contribution < 1.29 is 16.8 Å². The van der Waals surface area contributed by atoms with E-state index in [1.54, 1.807) is 28.6 Å². The van der Waals surface area contributed by atoms with Gasteiger partial charge in [0, 0.05) is 35.7 Å². The number of aryl methyl sites for hydroxylation is 1. The van der Waals surface area contributed by atoms with E-state index < -0.39 is 20.0 Å². The van der Waals surface area contributed by atoms with E-state index in [2.05, 4.69) is 9.93 Å². The van der Waals surface area contributed by atoms with E-state index in [9.17, 15) is 16.8 Å². The zero-order valence-electron chi connectivity index (χ0n) is 17.0. The quantitative estimate of drug-likeness (QED) is 0.659. The van der Waals surface area contributed by atoms with Crippen LogP contribution in [-0.2, 0) is 20.0 Å². The first kappa shape index (κ1) is 22.3. The Kier molecular flexibility index (Phi) is 6.13. The highest BCUT2D eigenvalue weighted by Gasteiger charge is 2.44. The molecule has 7 nitrogen and oxygen atoms in total. The van der Waals surface area contributed by atoms with Gasteiger partial charge in [-0.1, -0.05) is 35.7 Å². The van der Waals surface area contributed by atoms with Gasteiger partial charge >= 0.3 is 0 Å². The van der Waals surface area contributed by atoms with Crippen molar-refractivity contribution in [1.82, 2.24) is 9.14 Å². The van der Waals surface area contributed by atoms with Crippen LogP contribution >= 0.6 is 11.6 Å². The minimum absolute atomic E-state index is 0.144. The molecule has 2 atom stereocenters. The molecular formula is C21H24ClN3O4S2. The molecule has 0 amide bonds. The van der Waals surface area contributed by atoms with Gasteiger partial charge in [-0.25, -0.2) is 13.2 Å². The Morgan fingerprint density at radius 1 is 0.903 bits per heavy atom. The summed E-state index contributed by atoms with van der Waals surface area (Å²) in [6, 6.07) is 12.2. The molecule has 2 saturated heterocycles. The summed E-state index contributed by atoms with van der Waals surface area (Å²) < 4.78 is 53.2. The van der Waals surface area contributed by atoms with Crippen molar-refractivity contribution in [3.05, 3.63) is 59.1 Å². The maximum atomic E-state index is 13.3. The number of rotatable bonds is 5. The predicted molar refractivity (Wildman–Crippen MR) is 120 cm³/mol. The molecule has 0 aliphatic carbocycles. The monoisotopic (exact) mass is 481 g/mol. The highest BCUT2D eigenvalue weighted by molar-refractivity contribution is 7.89. The molecule has 2 aliphatic heterocycles. The maximum Gasteiger partial charge on any atom is 0.276 e. The SMILES string of the molecule is Cc1ccc(S(=O)(=O)NN=C2CC3CCCC(C2)N3S(=O)(=O)c2ccc(Cl)cc2)cc1. The first-order valence-electron chi connectivity index (χ1n) is 10.1. The largest absolute Gasteiger partial charge is 0.276 e. The molecule has 2 unspecified atom stereocenters.